The summed E-state index contributed by atoms with van der Waals surface area (Å²) < 4.78 is 5.24. The lowest BCUT2D eigenvalue weighted by atomic mass is 9.85. The van der Waals surface area contributed by atoms with E-state index < -0.39 is 0 Å². The third-order valence-corrected chi connectivity index (χ3v) is 2.50. The fourth-order valence-corrected chi connectivity index (χ4v) is 1.54. The van der Waals surface area contributed by atoms with Crippen LogP contribution in [0.2, 0.25) is 5.02 Å². The lowest BCUT2D eigenvalue weighted by Crippen LogP contribution is -2.15. The molecule has 1 aromatic rings. The van der Waals surface area contributed by atoms with Crippen LogP contribution in [0.4, 0.5) is 0 Å². The largest absolute Gasteiger partial charge is 0.495 e. The molecule has 1 rings (SSSR count). The van der Waals surface area contributed by atoms with E-state index in [9.17, 15) is 0 Å². The highest BCUT2D eigenvalue weighted by atomic mass is 35.5. The van der Waals surface area contributed by atoms with Crippen LogP contribution >= 0.6 is 11.6 Å². The summed E-state index contributed by atoms with van der Waals surface area (Å²) in [5.74, 6) is 3.38. The van der Waals surface area contributed by atoms with E-state index >= 15 is 0 Å². The second kappa shape index (κ2) is 3.94. The number of benzene rings is 1. The minimum atomic E-state index is -0.365. The average Bonchev–Trinajstić information content (AvgIpc) is 2.17. The number of terminal acetylenes is 1. The Kier molecular flexibility index (Phi) is 3.08. The third-order valence-electron chi connectivity index (χ3n) is 2.21. The highest BCUT2D eigenvalue weighted by Crippen LogP contribution is 2.36. The molecule has 2 heteroatoms. The summed E-state index contributed by atoms with van der Waals surface area (Å²) in [6.45, 7) is 3.92. The first-order valence-electron chi connectivity index (χ1n) is 4.33. The maximum absolute atomic E-state index is 6.00. The first-order valence-corrected chi connectivity index (χ1v) is 4.71. The lowest BCUT2D eigenvalue weighted by Gasteiger charge is -2.21. The van der Waals surface area contributed by atoms with Gasteiger partial charge in [-0.3, -0.25) is 0 Å². The Hall–Kier alpha value is -1.13. The van der Waals surface area contributed by atoms with Crippen LogP contribution in [0.1, 0.15) is 19.4 Å². The van der Waals surface area contributed by atoms with Crippen molar-refractivity contribution >= 4 is 11.6 Å². The van der Waals surface area contributed by atoms with E-state index in [0.717, 1.165) is 5.56 Å². The summed E-state index contributed by atoms with van der Waals surface area (Å²) >= 11 is 6.00. The van der Waals surface area contributed by atoms with Crippen LogP contribution < -0.4 is 4.74 Å². The van der Waals surface area contributed by atoms with Crippen molar-refractivity contribution in [2.45, 2.75) is 19.3 Å². The standard InChI is InChI=1S/C12H13ClO/c1-5-12(2,3)9-7-6-8-10(13)11(9)14-4/h1,6-8H,2-4H3. The topological polar surface area (TPSA) is 9.23 Å². The molecule has 0 saturated carbocycles. The van der Waals surface area contributed by atoms with Gasteiger partial charge in [0.15, 0.2) is 0 Å². The van der Waals surface area contributed by atoms with Gasteiger partial charge in [0.1, 0.15) is 5.75 Å². The number of ether oxygens (including phenoxy) is 1. The number of rotatable bonds is 2. The molecule has 1 nitrogen and oxygen atoms in total. The highest BCUT2D eigenvalue weighted by molar-refractivity contribution is 6.32. The van der Waals surface area contributed by atoms with E-state index in [1.165, 1.54) is 0 Å². The maximum Gasteiger partial charge on any atom is 0.142 e. The molecule has 14 heavy (non-hydrogen) atoms. The first-order chi connectivity index (χ1) is 6.53. The molecular weight excluding hydrogens is 196 g/mol. The van der Waals surface area contributed by atoms with Crippen molar-refractivity contribution in [2.75, 3.05) is 7.11 Å². The Morgan fingerprint density at radius 3 is 2.57 bits per heavy atom. The molecule has 0 spiro atoms. The van der Waals surface area contributed by atoms with Crippen molar-refractivity contribution in [3.8, 4) is 18.1 Å². The third kappa shape index (κ3) is 1.86. The zero-order valence-corrected chi connectivity index (χ0v) is 9.35. The molecule has 0 N–H and O–H groups in total. The Labute approximate surface area is 90.0 Å². The van der Waals surface area contributed by atoms with Gasteiger partial charge in [-0.1, -0.05) is 29.7 Å². The van der Waals surface area contributed by atoms with Crippen molar-refractivity contribution in [3.63, 3.8) is 0 Å². The minimum Gasteiger partial charge on any atom is -0.495 e. The summed E-state index contributed by atoms with van der Waals surface area (Å²) in [5, 5.41) is 0.591. The van der Waals surface area contributed by atoms with Crippen LogP contribution in [0, 0.1) is 12.3 Å². The molecule has 0 heterocycles. The van der Waals surface area contributed by atoms with Crippen LogP contribution in [0.3, 0.4) is 0 Å². The summed E-state index contributed by atoms with van der Waals surface area (Å²) in [5.41, 5.74) is 0.575. The van der Waals surface area contributed by atoms with Gasteiger partial charge in [0.25, 0.3) is 0 Å². The fourth-order valence-electron chi connectivity index (χ4n) is 1.29. The van der Waals surface area contributed by atoms with Gasteiger partial charge in [-0.2, -0.15) is 0 Å². The predicted octanol–water partition coefficient (Wildman–Crippen LogP) is 3.26. The molecule has 0 radical (unpaired) electrons. The summed E-state index contributed by atoms with van der Waals surface area (Å²) in [6, 6.07) is 5.60. The average molecular weight is 209 g/mol. The van der Waals surface area contributed by atoms with Gasteiger partial charge in [0.05, 0.1) is 17.5 Å². The van der Waals surface area contributed by atoms with Crippen molar-refractivity contribution < 1.29 is 4.74 Å². The smallest absolute Gasteiger partial charge is 0.142 e. The molecule has 74 valence electrons. The SMILES string of the molecule is C#CC(C)(C)c1cccc(Cl)c1OC. The van der Waals surface area contributed by atoms with E-state index in [1.807, 2.05) is 26.0 Å². The van der Waals surface area contributed by atoms with Crippen LogP contribution in [0.15, 0.2) is 18.2 Å². The number of halogens is 1. The Morgan fingerprint density at radius 1 is 1.43 bits per heavy atom. The molecule has 0 aliphatic carbocycles. The van der Waals surface area contributed by atoms with Gasteiger partial charge in [-0.15, -0.1) is 6.42 Å². The molecular formula is C12H13ClO. The molecule has 0 aliphatic heterocycles. The van der Waals surface area contributed by atoms with Crippen molar-refractivity contribution in [1.82, 2.24) is 0 Å². The number of methoxy groups -OCH3 is 1. The molecule has 0 aromatic heterocycles. The minimum absolute atomic E-state index is 0.365. The molecule has 0 aliphatic rings. The van der Waals surface area contributed by atoms with Crippen molar-refractivity contribution in [1.29, 1.82) is 0 Å². The summed E-state index contributed by atoms with van der Waals surface area (Å²) in [4.78, 5) is 0. The van der Waals surface area contributed by atoms with Gasteiger partial charge < -0.3 is 4.74 Å². The molecule has 0 fully saturated rings. The quantitative estimate of drug-likeness (QED) is 0.678. The lowest BCUT2D eigenvalue weighted by molar-refractivity contribution is 0.403. The fraction of sp³-hybridized carbons (Fsp3) is 0.333. The van der Waals surface area contributed by atoms with E-state index in [1.54, 1.807) is 13.2 Å². The van der Waals surface area contributed by atoms with Crippen LogP contribution in [0.25, 0.3) is 0 Å². The number of para-hydroxylation sites is 1. The predicted molar refractivity (Wildman–Crippen MR) is 59.9 cm³/mol. The zero-order valence-electron chi connectivity index (χ0n) is 8.60. The Balaban J connectivity index is 3.36. The van der Waals surface area contributed by atoms with Crippen LogP contribution in [-0.2, 0) is 5.41 Å². The second-order valence-corrected chi connectivity index (χ2v) is 4.00. The van der Waals surface area contributed by atoms with Gasteiger partial charge in [0.2, 0.25) is 0 Å². The number of hydrogen-bond donors (Lipinski definition) is 0. The van der Waals surface area contributed by atoms with E-state index in [-0.39, 0.29) is 5.41 Å². The summed E-state index contributed by atoms with van der Waals surface area (Å²) in [7, 11) is 1.59. The van der Waals surface area contributed by atoms with Gasteiger partial charge in [0, 0.05) is 5.56 Å². The Bertz CT molecular complexity index is 374. The number of hydrogen-bond acceptors (Lipinski definition) is 1. The van der Waals surface area contributed by atoms with Crippen molar-refractivity contribution in [3.05, 3.63) is 28.8 Å². The van der Waals surface area contributed by atoms with E-state index in [4.69, 9.17) is 22.8 Å². The molecule has 0 atom stereocenters. The normalized spacial score (nSPS) is 10.8. The molecule has 0 unspecified atom stereocenters. The zero-order chi connectivity index (χ0) is 10.8. The van der Waals surface area contributed by atoms with E-state index in [2.05, 4.69) is 5.92 Å². The van der Waals surface area contributed by atoms with Gasteiger partial charge >= 0.3 is 0 Å². The van der Waals surface area contributed by atoms with E-state index in [0.29, 0.717) is 10.8 Å². The first kappa shape index (κ1) is 10.9. The molecule has 0 saturated heterocycles. The Morgan fingerprint density at radius 2 is 2.07 bits per heavy atom. The van der Waals surface area contributed by atoms with Gasteiger partial charge in [-0.25, -0.2) is 0 Å². The molecule has 0 amide bonds. The van der Waals surface area contributed by atoms with Crippen molar-refractivity contribution in [2.24, 2.45) is 0 Å². The van der Waals surface area contributed by atoms with Gasteiger partial charge in [-0.05, 0) is 19.9 Å². The second-order valence-electron chi connectivity index (χ2n) is 3.59. The molecule has 0 bridgehead atoms. The van der Waals surface area contributed by atoms with Crippen LogP contribution in [-0.4, -0.2) is 7.11 Å². The van der Waals surface area contributed by atoms with Crippen LogP contribution in [0.5, 0.6) is 5.75 Å². The maximum atomic E-state index is 6.00. The highest BCUT2D eigenvalue weighted by Gasteiger charge is 2.22. The summed E-state index contributed by atoms with van der Waals surface area (Å²) in [6.07, 6.45) is 5.46. The monoisotopic (exact) mass is 208 g/mol. The molecule has 1 aromatic carbocycles.